The van der Waals surface area contributed by atoms with Crippen molar-refractivity contribution in [3.8, 4) is 0 Å². The Bertz CT molecular complexity index is 271. The molecule has 4 nitrogen and oxygen atoms in total. The van der Waals surface area contributed by atoms with Crippen LogP contribution < -0.4 is 0 Å². The highest BCUT2D eigenvalue weighted by atomic mass is 16.6. The summed E-state index contributed by atoms with van der Waals surface area (Å²) in [5.74, 6) is -1.36. The Morgan fingerprint density at radius 3 is 3.00 bits per heavy atom. The van der Waals surface area contributed by atoms with Crippen molar-refractivity contribution < 1.29 is 19.1 Å². The van der Waals surface area contributed by atoms with E-state index < -0.39 is 17.4 Å². The molecule has 1 saturated heterocycles. The topological polar surface area (TPSA) is 52.6 Å². The van der Waals surface area contributed by atoms with Gasteiger partial charge in [0.1, 0.15) is 0 Å². The molecule has 4 heteroatoms. The predicted octanol–water partition coefficient (Wildman–Crippen LogP) is 0.915. The van der Waals surface area contributed by atoms with Crippen LogP contribution in [0.25, 0.3) is 0 Å². The fourth-order valence-electron chi connectivity index (χ4n) is 1.45. The van der Waals surface area contributed by atoms with E-state index >= 15 is 0 Å². The number of carbonyl (C=O) groups excluding carboxylic acids is 2. The first-order chi connectivity index (χ1) is 6.57. The third kappa shape index (κ3) is 1.41. The molecule has 0 N–H and O–H groups in total. The molecule has 78 valence electrons. The Hall–Kier alpha value is -1.32. The van der Waals surface area contributed by atoms with Gasteiger partial charge in [-0.2, -0.15) is 0 Å². The summed E-state index contributed by atoms with van der Waals surface area (Å²) in [6.45, 7) is 7.27. The SMILES string of the molecule is C=CC1COC(=O)C1(C)C(=O)OCC. The van der Waals surface area contributed by atoms with Gasteiger partial charge in [-0.15, -0.1) is 6.58 Å². The fourth-order valence-corrected chi connectivity index (χ4v) is 1.45. The van der Waals surface area contributed by atoms with E-state index in [9.17, 15) is 9.59 Å². The van der Waals surface area contributed by atoms with Crippen molar-refractivity contribution in [2.75, 3.05) is 13.2 Å². The molecule has 0 aromatic carbocycles. The van der Waals surface area contributed by atoms with Crippen molar-refractivity contribution >= 4 is 11.9 Å². The zero-order valence-electron chi connectivity index (χ0n) is 8.41. The van der Waals surface area contributed by atoms with E-state index in [-0.39, 0.29) is 19.1 Å². The normalized spacial score (nSPS) is 31.0. The number of carbonyl (C=O) groups is 2. The van der Waals surface area contributed by atoms with Gasteiger partial charge < -0.3 is 9.47 Å². The summed E-state index contributed by atoms with van der Waals surface area (Å²) in [7, 11) is 0. The molecule has 0 saturated carbocycles. The molecule has 0 bridgehead atoms. The first-order valence-corrected chi connectivity index (χ1v) is 4.54. The van der Waals surface area contributed by atoms with Crippen molar-refractivity contribution in [3.05, 3.63) is 12.7 Å². The highest BCUT2D eigenvalue weighted by molar-refractivity contribution is 6.01. The lowest BCUT2D eigenvalue weighted by Crippen LogP contribution is -2.39. The second kappa shape index (κ2) is 3.82. The van der Waals surface area contributed by atoms with E-state index in [1.54, 1.807) is 13.0 Å². The van der Waals surface area contributed by atoms with Crippen molar-refractivity contribution in [3.63, 3.8) is 0 Å². The summed E-state index contributed by atoms with van der Waals surface area (Å²) in [6.07, 6.45) is 1.56. The Kier molecular flexibility index (Phi) is 2.93. The quantitative estimate of drug-likeness (QED) is 0.384. The lowest BCUT2D eigenvalue weighted by atomic mass is 9.79. The zero-order valence-corrected chi connectivity index (χ0v) is 8.41. The molecule has 1 aliphatic rings. The van der Waals surface area contributed by atoms with E-state index in [4.69, 9.17) is 9.47 Å². The minimum absolute atomic E-state index is 0.206. The molecular weight excluding hydrogens is 184 g/mol. The summed E-state index contributed by atoms with van der Waals surface area (Å²) in [5.41, 5.74) is -1.21. The largest absolute Gasteiger partial charge is 0.465 e. The molecule has 0 spiro atoms. The number of esters is 2. The Morgan fingerprint density at radius 1 is 1.86 bits per heavy atom. The molecule has 2 unspecified atom stereocenters. The number of hydrogen-bond acceptors (Lipinski definition) is 4. The van der Waals surface area contributed by atoms with Crippen LogP contribution in [0.5, 0.6) is 0 Å². The molecule has 0 radical (unpaired) electrons. The van der Waals surface area contributed by atoms with Crippen molar-refractivity contribution in [2.45, 2.75) is 13.8 Å². The molecule has 1 aliphatic heterocycles. The lowest BCUT2D eigenvalue weighted by Gasteiger charge is -2.21. The van der Waals surface area contributed by atoms with E-state index in [1.807, 2.05) is 0 Å². The molecule has 1 fully saturated rings. The van der Waals surface area contributed by atoms with Crippen LogP contribution in [0.2, 0.25) is 0 Å². The maximum Gasteiger partial charge on any atom is 0.323 e. The van der Waals surface area contributed by atoms with Crippen LogP contribution in [-0.2, 0) is 19.1 Å². The maximum atomic E-state index is 11.6. The number of ether oxygens (including phenoxy) is 2. The summed E-state index contributed by atoms with van der Waals surface area (Å²) in [4.78, 5) is 23.0. The van der Waals surface area contributed by atoms with Crippen molar-refractivity contribution in [2.24, 2.45) is 11.3 Å². The van der Waals surface area contributed by atoms with Gasteiger partial charge in [0.05, 0.1) is 13.2 Å². The summed E-state index contributed by atoms with van der Waals surface area (Å²) in [6, 6.07) is 0. The first-order valence-electron chi connectivity index (χ1n) is 4.54. The van der Waals surface area contributed by atoms with Gasteiger partial charge in [-0.1, -0.05) is 6.08 Å². The molecule has 1 heterocycles. The van der Waals surface area contributed by atoms with Crippen LogP contribution in [-0.4, -0.2) is 25.2 Å². The average Bonchev–Trinajstić information content (AvgIpc) is 2.45. The molecule has 14 heavy (non-hydrogen) atoms. The molecule has 0 aromatic heterocycles. The van der Waals surface area contributed by atoms with Gasteiger partial charge in [-0.25, -0.2) is 0 Å². The molecule has 0 amide bonds. The minimum Gasteiger partial charge on any atom is -0.465 e. The highest BCUT2D eigenvalue weighted by Crippen LogP contribution is 2.37. The second-order valence-electron chi connectivity index (χ2n) is 3.36. The Balaban J connectivity index is 2.93. The minimum atomic E-state index is -1.21. The molecule has 1 rings (SSSR count). The van der Waals surface area contributed by atoms with Crippen LogP contribution >= 0.6 is 0 Å². The molecule has 0 aliphatic carbocycles. The Morgan fingerprint density at radius 2 is 2.50 bits per heavy atom. The first kappa shape index (κ1) is 10.8. The molecular formula is C10H14O4. The number of rotatable bonds is 3. The summed E-state index contributed by atoms with van der Waals surface area (Å²) >= 11 is 0. The Labute approximate surface area is 82.9 Å². The monoisotopic (exact) mass is 198 g/mol. The fraction of sp³-hybridized carbons (Fsp3) is 0.600. The molecule has 0 aromatic rings. The van der Waals surface area contributed by atoms with Crippen LogP contribution in [0.1, 0.15) is 13.8 Å². The second-order valence-corrected chi connectivity index (χ2v) is 3.36. The van der Waals surface area contributed by atoms with Gasteiger partial charge in [-0.3, -0.25) is 9.59 Å². The van der Waals surface area contributed by atoms with Gasteiger partial charge in [-0.05, 0) is 13.8 Å². The van der Waals surface area contributed by atoms with Crippen LogP contribution in [0.3, 0.4) is 0 Å². The number of cyclic esters (lactones) is 1. The molecule has 2 atom stereocenters. The smallest absolute Gasteiger partial charge is 0.323 e. The lowest BCUT2D eigenvalue weighted by molar-refractivity contribution is -0.164. The van der Waals surface area contributed by atoms with Gasteiger partial charge in [0.2, 0.25) is 0 Å². The predicted molar refractivity (Wildman–Crippen MR) is 49.4 cm³/mol. The highest BCUT2D eigenvalue weighted by Gasteiger charge is 2.54. The van der Waals surface area contributed by atoms with Crippen LogP contribution in [0.15, 0.2) is 12.7 Å². The standard InChI is InChI=1S/C10H14O4/c1-4-7-6-14-9(12)10(7,3)8(11)13-5-2/h4,7H,1,5-6H2,2-3H3. The zero-order chi connectivity index (χ0) is 10.8. The van der Waals surface area contributed by atoms with E-state index in [2.05, 4.69) is 6.58 Å². The van der Waals surface area contributed by atoms with Gasteiger partial charge in [0.25, 0.3) is 0 Å². The third-order valence-corrected chi connectivity index (χ3v) is 2.54. The van der Waals surface area contributed by atoms with Gasteiger partial charge >= 0.3 is 11.9 Å². The van der Waals surface area contributed by atoms with E-state index in [0.29, 0.717) is 0 Å². The third-order valence-electron chi connectivity index (χ3n) is 2.54. The van der Waals surface area contributed by atoms with Gasteiger partial charge in [0, 0.05) is 5.92 Å². The van der Waals surface area contributed by atoms with Crippen LogP contribution in [0, 0.1) is 11.3 Å². The van der Waals surface area contributed by atoms with Gasteiger partial charge in [0.15, 0.2) is 5.41 Å². The van der Waals surface area contributed by atoms with E-state index in [1.165, 1.54) is 6.92 Å². The maximum absolute atomic E-state index is 11.6. The van der Waals surface area contributed by atoms with Crippen molar-refractivity contribution in [1.29, 1.82) is 0 Å². The summed E-state index contributed by atoms with van der Waals surface area (Å²) in [5, 5.41) is 0. The van der Waals surface area contributed by atoms with Crippen LogP contribution in [0.4, 0.5) is 0 Å². The summed E-state index contributed by atoms with van der Waals surface area (Å²) < 4.78 is 9.67. The van der Waals surface area contributed by atoms with Crippen molar-refractivity contribution in [1.82, 2.24) is 0 Å². The average molecular weight is 198 g/mol. The number of hydrogen-bond donors (Lipinski definition) is 0. The van der Waals surface area contributed by atoms with E-state index in [0.717, 1.165) is 0 Å².